The highest BCUT2D eigenvalue weighted by Gasteiger charge is 2.08. The fraction of sp³-hybridized carbons (Fsp3) is 0. The van der Waals surface area contributed by atoms with Crippen LogP contribution in [0.5, 0.6) is 0 Å². The van der Waals surface area contributed by atoms with Crippen LogP contribution in [0.15, 0.2) is 72.9 Å². The summed E-state index contributed by atoms with van der Waals surface area (Å²) in [6.07, 6.45) is 2.12. The van der Waals surface area contributed by atoms with Crippen LogP contribution < -0.4 is 0 Å². The van der Waals surface area contributed by atoms with Crippen molar-refractivity contribution in [3.05, 3.63) is 76.6 Å². The number of nitrogens with zero attached hydrogens (tertiary/aromatic N) is 1. The van der Waals surface area contributed by atoms with E-state index in [1.54, 1.807) is 0 Å². The molecule has 0 radical (unpaired) electrons. The van der Waals surface area contributed by atoms with E-state index in [4.69, 9.17) is 0 Å². The van der Waals surface area contributed by atoms with Gasteiger partial charge in [0.05, 0.1) is 3.70 Å². The lowest BCUT2D eigenvalue weighted by molar-refractivity contribution is 1.05. The van der Waals surface area contributed by atoms with Gasteiger partial charge in [0, 0.05) is 17.4 Å². The van der Waals surface area contributed by atoms with E-state index in [-0.39, 0.29) is 0 Å². The lowest BCUT2D eigenvalue weighted by Crippen LogP contribution is -1.94. The first kappa shape index (κ1) is 11.5. The average Bonchev–Trinajstić information content (AvgIpc) is 2.83. The summed E-state index contributed by atoms with van der Waals surface area (Å²) in [5.41, 5.74) is 3.74. The Morgan fingerprint density at radius 2 is 1.33 bits per heavy atom. The number of rotatable bonds is 2. The number of aromatic nitrogens is 1. The molecule has 3 aromatic rings. The Labute approximate surface area is 120 Å². The van der Waals surface area contributed by atoms with Gasteiger partial charge in [0.2, 0.25) is 0 Å². The van der Waals surface area contributed by atoms with Crippen LogP contribution in [0, 0.1) is 3.70 Å². The molecular formula is C16H12IN. The monoisotopic (exact) mass is 345 g/mol. The van der Waals surface area contributed by atoms with Gasteiger partial charge in [-0.05, 0) is 46.4 Å². The summed E-state index contributed by atoms with van der Waals surface area (Å²) in [6, 6.07) is 23.1. The molecule has 2 aromatic carbocycles. The quantitative estimate of drug-likeness (QED) is 0.591. The zero-order valence-corrected chi connectivity index (χ0v) is 11.9. The summed E-state index contributed by atoms with van der Waals surface area (Å²) in [5.74, 6) is 0. The number of para-hydroxylation sites is 1. The fourth-order valence-corrected chi connectivity index (χ4v) is 2.96. The van der Waals surface area contributed by atoms with E-state index in [0.717, 1.165) is 0 Å². The maximum atomic E-state index is 2.41. The Kier molecular flexibility index (Phi) is 3.19. The van der Waals surface area contributed by atoms with Crippen molar-refractivity contribution in [3.63, 3.8) is 0 Å². The number of halogens is 1. The van der Waals surface area contributed by atoms with Crippen molar-refractivity contribution in [1.29, 1.82) is 0 Å². The Hall–Kier alpha value is -1.55. The van der Waals surface area contributed by atoms with E-state index >= 15 is 0 Å². The SMILES string of the molecule is Ic1c(-c2ccccc2)ccn1-c1ccccc1. The lowest BCUT2D eigenvalue weighted by atomic mass is 10.1. The molecule has 0 saturated carbocycles. The summed E-state index contributed by atoms with van der Waals surface area (Å²) in [6.45, 7) is 0. The molecule has 0 saturated heterocycles. The summed E-state index contributed by atoms with van der Waals surface area (Å²) in [4.78, 5) is 0. The van der Waals surface area contributed by atoms with Gasteiger partial charge in [-0.2, -0.15) is 0 Å². The zero-order valence-electron chi connectivity index (χ0n) is 9.75. The topological polar surface area (TPSA) is 4.93 Å². The van der Waals surface area contributed by atoms with Gasteiger partial charge in [0.25, 0.3) is 0 Å². The van der Waals surface area contributed by atoms with Crippen molar-refractivity contribution in [2.45, 2.75) is 0 Å². The van der Waals surface area contributed by atoms with Crippen molar-refractivity contribution in [1.82, 2.24) is 4.57 Å². The van der Waals surface area contributed by atoms with Gasteiger partial charge in [-0.15, -0.1) is 0 Å². The van der Waals surface area contributed by atoms with E-state index in [2.05, 4.69) is 88.0 Å². The van der Waals surface area contributed by atoms with Crippen LogP contribution in [0.4, 0.5) is 0 Å². The van der Waals surface area contributed by atoms with Crippen molar-refractivity contribution >= 4 is 22.6 Å². The Morgan fingerprint density at radius 1 is 0.722 bits per heavy atom. The molecule has 0 N–H and O–H groups in total. The smallest absolute Gasteiger partial charge is 0.0923 e. The molecule has 88 valence electrons. The minimum absolute atomic E-state index is 1.20. The molecular weight excluding hydrogens is 333 g/mol. The molecule has 0 aliphatic carbocycles. The second-order valence-corrected chi connectivity index (χ2v) is 5.11. The normalized spacial score (nSPS) is 10.5. The van der Waals surface area contributed by atoms with Gasteiger partial charge in [0.1, 0.15) is 0 Å². The zero-order chi connectivity index (χ0) is 12.4. The molecule has 0 spiro atoms. The molecule has 1 nitrogen and oxygen atoms in total. The Balaban J connectivity index is 2.09. The van der Waals surface area contributed by atoms with E-state index in [9.17, 15) is 0 Å². The molecule has 0 aliphatic rings. The molecule has 1 heterocycles. The van der Waals surface area contributed by atoms with Crippen LogP contribution in [0.1, 0.15) is 0 Å². The van der Waals surface area contributed by atoms with Gasteiger partial charge in [-0.25, -0.2) is 0 Å². The van der Waals surface area contributed by atoms with Crippen LogP contribution in [-0.4, -0.2) is 4.57 Å². The third kappa shape index (κ3) is 2.08. The highest BCUT2D eigenvalue weighted by molar-refractivity contribution is 14.1. The van der Waals surface area contributed by atoms with Crippen LogP contribution in [0.3, 0.4) is 0 Å². The first-order chi connectivity index (χ1) is 8.86. The van der Waals surface area contributed by atoms with Crippen molar-refractivity contribution in [3.8, 4) is 16.8 Å². The first-order valence-corrected chi connectivity index (χ1v) is 6.92. The van der Waals surface area contributed by atoms with Crippen molar-refractivity contribution in [2.24, 2.45) is 0 Å². The molecule has 1 aromatic heterocycles. The summed E-state index contributed by atoms with van der Waals surface area (Å²) in [7, 11) is 0. The molecule has 18 heavy (non-hydrogen) atoms. The van der Waals surface area contributed by atoms with Crippen LogP contribution in [0.25, 0.3) is 16.8 Å². The predicted octanol–water partition coefficient (Wildman–Crippen LogP) is 4.75. The van der Waals surface area contributed by atoms with Gasteiger partial charge in [-0.1, -0.05) is 48.5 Å². The number of hydrogen-bond acceptors (Lipinski definition) is 0. The molecule has 0 bridgehead atoms. The van der Waals surface area contributed by atoms with E-state index < -0.39 is 0 Å². The second kappa shape index (κ2) is 4.98. The second-order valence-electron chi connectivity index (χ2n) is 4.09. The third-order valence-corrected chi connectivity index (χ3v) is 4.04. The number of benzene rings is 2. The van der Waals surface area contributed by atoms with Crippen LogP contribution in [0.2, 0.25) is 0 Å². The van der Waals surface area contributed by atoms with Crippen LogP contribution in [-0.2, 0) is 0 Å². The minimum atomic E-state index is 1.20. The van der Waals surface area contributed by atoms with Gasteiger partial charge < -0.3 is 4.57 Å². The van der Waals surface area contributed by atoms with Crippen molar-refractivity contribution in [2.75, 3.05) is 0 Å². The largest absolute Gasteiger partial charge is 0.311 e. The number of hydrogen-bond donors (Lipinski definition) is 0. The highest BCUT2D eigenvalue weighted by Crippen LogP contribution is 2.28. The maximum Gasteiger partial charge on any atom is 0.0923 e. The first-order valence-electron chi connectivity index (χ1n) is 5.84. The third-order valence-electron chi connectivity index (χ3n) is 2.94. The van der Waals surface area contributed by atoms with Gasteiger partial charge in [0.15, 0.2) is 0 Å². The highest BCUT2D eigenvalue weighted by atomic mass is 127. The molecule has 3 rings (SSSR count). The molecule has 0 unspecified atom stereocenters. The maximum absolute atomic E-state index is 2.41. The Bertz CT molecular complexity index is 584. The van der Waals surface area contributed by atoms with E-state index in [1.165, 1.54) is 20.5 Å². The molecule has 2 heteroatoms. The average molecular weight is 345 g/mol. The van der Waals surface area contributed by atoms with Gasteiger partial charge >= 0.3 is 0 Å². The standard InChI is InChI=1S/C16H12IN/c17-16-15(13-7-3-1-4-8-13)11-12-18(16)14-9-5-2-6-10-14/h1-12H. The van der Waals surface area contributed by atoms with Gasteiger partial charge in [-0.3, -0.25) is 0 Å². The molecule has 0 atom stereocenters. The van der Waals surface area contributed by atoms with E-state index in [1.807, 2.05) is 12.1 Å². The molecule has 0 aliphatic heterocycles. The summed E-state index contributed by atoms with van der Waals surface area (Å²) < 4.78 is 3.45. The summed E-state index contributed by atoms with van der Waals surface area (Å²) in [5, 5.41) is 0. The molecule has 0 fully saturated rings. The van der Waals surface area contributed by atoms with Crippen molar-refractivity contribution < 1.29 is 0 Å². The minimum Gasteiger partial charge on any atom is -0.311 e. The van der Waals surface area contributed by atoms with Crippen LogP contribution >= 0.6 is 22.6 Å². The lowest BCUT2D eigenvalue weighted by Gasteiger charge is -2.06. The van der Waals surface area contributed by atoms with E-state index in [0.29, 0.717) is 0 Å². The summed E-state index contributed by atoms with van der Waals surface area (Å²) >= 11 is 2.41. The predicted molar refractivity (Wildman–Crippen MR) is 83.9 cm³/mol. The Morgan fingerprint density at radius 3 is 2.00 bits per heavy atom. The fourth-order valence-electron chi connectivity index (χ4n) is 2.03. The molecule has 0 amide bonds.